The number of aromatic hydroxyl groups is 1. The molecular formula is C14H16N2O3S. The normalized spacial score (nSPS) is 11.1. The first-order valence-corrected chi connectivity index (χ1v) is 7.08. The van der Waals surface area contributed by atoms with Gasteiger partial charge in [0.25, 0.3) is 0 Å². The van der Waals surface area contributed by atoms with Crippen molar-refractivity contribution >= 4 is 23.2 Å². The minimum atomic E-state index is -0.175. The van der Waals surface area contributed by atoms with Gasteiger partial charge in [0.05, 0.1) is 13.3 Å². The predicted molar refractivity (Wildman–Crippen MR) is 80.8 cm³/mol. The van der Waals surface area contributed by atoms with Crippen molar-refractivity contribution < 1.29 is 9.84 Å². The first-order valence-electron chi connectivity index (χ1n) is 6.27. The minimum Gasteiger partial charge on any atom is -0.494 e. The van der Waals surface area contributed by atoms with Gasteiger partial charge in [-0.2, -0.15) is 0 Å². The molecule has 0 radical (unpaired) electrons. The van der Waals surface area contributed by atoms with Gasteiger partial charge in [-0.1, -0.05) is 30.4 Å². The summed E-state index contributed by atoms with van der Waals surface area (Å²) in [6, 6.07) is 7.31. The van der Waals surface area contributed by atoms with Crippen LogP contribution in [0, 0.1) is 0 Å². The van der Waals surface area contributed by atoms with Crippen molar-refractivity contribution in [2.24, 2.45) is 4.99 Å². The molecule has 106 valence electrons. The third-order valence-electron chi connectivity index (χ3n) is 2.75. The van der Waals surface area contributed by atoms with E-state index in [0.29, 0.717) is 22.9 Å². The van der Waals surface area contributed by atoms with Crippen molar-refractivity contribution in [3.63, 3.8) is 0 Å². The number of para-hydroxylation sites is 2. The Labute approximate surface area is 120 Å². The number of nitrogens with zero attached hydrogens (tertiary/aromatic N) is 2. The van der Waals surface area contributed by atoms with E-state index in [1.807, 2.05) is 19.1 Å². The molecule has 0 amide bonds. The van der Waals surface area contributed by atoms with Crippen LogP contribution in [0.2, 0.25) is 0 Å². The number of thiazole rings is 1. The molecule has 6 heteroatoms. The second-order valence-corrected chi connectivity index (χ2v) is 5.13. The zero-order valence-corrected chi connectivity index (χ0v) is 12.2. The monoisotopic (exact) mass is 292 g/mol. The summed E-state index contributed by atoms with van der Waals surface area (Å²) < 4.78 is 6.55. The zero-order valence-electron chi connectivity index (χ0n) is 11.4. The first-order chi connectivity index (χ1) is 9.67. The minimum absolute atomic E-state index is 0.0273. The molecule has 0 unspecified atom stereocenters. The first kappa shape index (κ1) is 14.3. The van der Waals surface area contributed by atoms with E-state index >= 15 is 0 Å². The van der Waals surface area contributed by atoms with Crippen molar-refractivity contribution in [2.45, 2.75) is 19.9 Å². The number of methoxy groups -OCH3 is 1. The Morgan fingerprint density at radius 2 is 2.20 bits per heavy atom. The molecule has 0 aliphatic rings. The van der Waals surface area contributed by atoms with Gasteiger partial charge in [0, 0.05) is 6.54 Å². The summed E-state index contributed by atoms with van der Waals surface area (Å²) in [5.74, 6) is 0.615. The predicted octanol–water partition coefficient (Wildman–Crippen LogP) is 2.78. The molecule has 0 bridgehead atoms. The Balaban J connectivity index is 2.32. The van der Waals surface area contributed by atoms with E-state index in [4.69, 9.17) is 4.74 Å². The van der Waals surface area contributed by atoms with Crippen LogP contribution in [0.5, 0.6) is 11.6 Å². The molecule has 0 fully saturated rings. The molecule has 0 atom stereocenters. The van der Waals surface area contributed by atoms with Gasteiger partial charge >= 0.3 is 4.87 Å². The van der Waals surface area contributed by atoms with Gasteiger partial charge in [0.1, 0.15) is 16.3 Å². The van der Waals surface area contributed by atoms with E-state index in [1.165, 1.54) is 10.8 Å². The smallest absolute Gasteiger partial charge is 0.310 e. The number of aliphatic imine (C=N–C) groups is 1. The van der Waals surface area contributed by atoms with E-state index in [1.54, 1.807) is 19.2 Å². The van der Waals surface area contributed by atoms with Crippen LogP contribution in [-0.2, 0) is 6.54 Å². The fraction of sp³-hybridized carbons (Fsp3) is 0.286. The highest BCUT2D eigenvalue weighted by atomic mass is 32.1. The molecular weight excluding hydrogens is 276 g/mol. The summed E-state index contributed by atoms with van der Waals surface area (Å²) in [7, 11) is 1.57. The summed E-state index contributed by atoms with van der Waals surface area (Å²) in [5.41, 5.74) is 0.650. The van der Waals surface area contributed by atoms with Crippen LogP contribution in [0.15, 0.2) is 34.1 Å². The van der Waals surface area contributed by atoms with Crippen LogP contribution in [0.1, 0.15) is 18.2 Å². The van der Waals surface area contributed by atoms with Crippen molar-refractivity contribution in [3.05, 3.63) is 38.8 Å². The lowest BCUT2D eigenvalue weighted by Crippen LogP contribution is -2.11. The maximum absolute atomic E-state index is 11.7. The van der Waals surface area contributed by atoms with Gasteiger partial charge in [-0.15, -0.1) is 0 Å². The van der Waals surface area contributed by atoms with Crippen molar-refractivity contribution in [2.75, 3.05) is 7.11 Å². The highest BCUT2D eigenvalue weighted by Crippen LogP contribution is 2.27. The molecule has 2 aromatic rings. The second kappa shape index (κ2) is 6.38. The molecule has 1 heterocycles. The van der Waals surface area contributed by atoms with E-state index in [2.05, 4.69) is 4.99 Å². The molecule has 0 aliphatic heterocycles. The maximum Gasteiger partial charge on any atom is 0.310 e. The highest BCUT2D eigenvalue weighted by Gasteiger charge is 2.11. The Bertz CT molecular complexity index is 673. The molecule has 1 aromatic heterocycles. The molecule has 2 rings (SSSR count). The van der Waals surface area contributed by atoms with Gasteiger partial charge in [-0.25, -0.2) is 0 Å². The van der Waals surface area contributed by atoms with Gasteiger partial charge < -0.3 is 9.84 Å². The van der Waals surface area contributed by atoms with Gasteiger partial charge in [0.2, 0.25) is 5.88 Å². The third-order valence-corrected chi connectivity index (χ3v) is 3.65. The lowest BCUT2D eigenvalue weighted by atomic mass is 10.3. The number of rotatable bonds is 5. The highest BCUT2D eigenvalue weighted by molar-refractivity contribution is 7.11. The Morgan fingerprint density at radius 1 is 1.45 bits per heavy atom. The summed E-state index contributed by atoms with van der Waals surface area (Å²) in [6.07, 6.45) is 2.28. The Kier molecular flexibility index (Phi) is 4.57. The van der Waals surface area contributed by atoms with E-state index < -0.39 is 0 Å². The fourth-order valence-corrected chi connectivity index (χ4v) is 2.57. The van der Waals surface area contributed by atoms with Crippen molar-refractivity contribution in [3.8, 4) is 11.6 Å². The average molecular weight is 292 g/mol. The van der Waals surface area contributed by atoms with Crippen LogP contribution in [0.3, 0.4) is 0 Å². The number of hydrogen-bond acceptors (Lipinski definition) is 5. The van der Waals surface area contributed by atoms with Crippen LogP contribution >= 0.6 is 11.3 Å². The van der Waals surface area contributed by atoms with Gasteiger partial charge in [-0.05, 0) is 18.6 Å². The molecule has 0 aliphatic carbocycles. The third kappa shape index (κ3) is 2.91. The van der Waals surface area contributed by atoms with Gasteiger partial charge in [-0.3, -0.25) is 14.4 Å². The van der Waals surface area contributed by atoms with E-state index in [0.717, 1.165) is 17.8 Å². The van der Waals surface area contributed by atoms with Crippen LogP contribution < -0.4 is 9.61 Å². The molecule has 0 spiro atoms. The van der Waals surface area contributed by atoms with Crippen LogP contribution in [0.25, 0.3) is 0 Å². The maximum atomic E-state index is 11.7. The number of benzene rings is 1. The van der Waals surface area contributed by atoms with Gasteiger partial charge in [0.15, 0.2) is 0 Å². The largest absolute Gasteiger partial charge is 0.494 e. The number of aromatic nitrogens is 1. The molecule has 1 N–H and O–H groups in total. The average Bonchev–Trinajstić information content (AvgIpc) is 2.73. The lowest BCUT2D eigenvalue weighted by Gasteiger charge is -2.02. The molecule has 1 aromatic carbocycles. The van der Waals surface area contributed by atoms with Crippen LogP contribution in [0.4, 0.5) is 5.69 Å². The second-order valence-electron chi connectivity index (χ2n) is 4.14. The fourth-order valence-electron chi connectivity index (χ4n) is 1.78. The van der Waals surface area contributed by atoms with Crippen molar-refractivity contribution in [1.29, 1.82) is 0 Å². The summed E-state index contributed by atoms with van der Waals surface area (Å²) >= 11 is 0.981. The molecule has 0 saturated carbocycles. The molecule has 20 heavy (non-hydrogen) atoms. The summed E-state index contributed by atoms with van der Waals surface area (Å²) in [4.78, 5) is 16.3. The SMILES string of the molecule is CCCn1c(O)c(C=Nc2ccccc2OC)sc1=O. The van der Waals surface area contributed by atoms with Crippen molar-refractivity contribution in [1.82, 2.24) is 4.57 Å². The summed E-state index contributed by atoms with van der Waals surface area (Å²) in [6.45, 7) is 2.45. The lowest BCUT2D eigenvalue weighted by molar-refractivity contribution is 0.411. The number of ether oxygens (including phenoxy) is 1. The van der Waals surface area contributed by atoms with E-state index in [9.17, 15) is 9.90 Å². The Hall–Kier alpha value is -2.08. The summed E-state index contributed by atoms with van der Waals surface area (Å²) in [5, 5.41) is 10.00. The molecule has 0 saturated heterocycles. The molecule has 5 nitrogen and oxygen atoms in total. The topological polar surface area (TPSA) is 63.8 Å². The zero-order chi connectivity index (χ0) is 14.5. The quantitative estimate of drug-likeness (QED) is 0.862. The van der Waals surface area contributed by atoms with Crippen LogP contribution in [-0.4, -0.2) is 23.0 Å². The standard InChI is InChI=1S/C14H16N2O3S/c1-3-8-16-13(17)12(20-14(16)18)9-15-10-6-4-5-7-11(10)19-2/h4-7,9,17H,3,8H2,1-2H3. The number of hydrogen-bond donors (Lipinski definition) is 1. The van der Waals surface area contributed by atoms with E-state index in [-0.39, 0.29) is 10.8 Å². The Morgan fingerprint density at radius 3 is 2.90 bits per heavy atom.